The standard InChI is InChI=1S/C20H15Cl2FN2O2S/c1-9-3-6-15(28-9)12-8-26-18-11(12)7-25-20(24)19(18)27-10(2)16-13(21)4-5-14(23)17(16)22/h3-8,10H,1-2H3,(H2,24,25). The number of thiophene rings is 1. The van der Waals surface area contributed by atoms with Crippen LogP contribution in [-0.4, -0.2) is 4.98 Å². The summed E-state index contributed by atoms with van der Waals surface area (Å²) < 4.78 is 25.7. The molecule has 4 aromatic rings. The number of halogens is 3. The van der Waals surface area contributed by atoms with Crippen LogP contribution in [0.25, 0.3) is 21.4 Å². The van der Waals surface area contributed by atoms with Crippen molar-refractivity contribution in [1.82, 2.24) is 4.98 Å². The Hall–Kier alpha value is -2.28. The van der Waals surface area contributed by atoms with Gasteiger partial charge >= 0.3 is 0 Å². The molecule has 0 fully saturated rings. The first kappa shape index (κ1) is 19.1. The number of ether oxygens (including phenoxy) is 1. The number of aryl methyl sites for hydroxylation is 1. The van der Waals surface area contributed by atoms with E-state index in [1.807, 2.05) is 19.1 Å². The molecule has 1 atom stereocenters. The van der Waals surface area contributed by atoms with Crippen molar-refractivity contribution in [3.63, 3.8) is 0 Å². The van der Waals surface area contributed by atoms with E-state index >= 15 is 0 Å². The third-order valence-corrected chi connectivity index (χ3v) is 6.14. The van der Waals surface area contributed by atoms with Gasteiger partial charge in [0.2, 0.25) is 5.75 Å². The Morgan fingerprint density at radius 1 is 1.25 bits per heavy atom. The fourth-order valence-corrected chi connectivity index (χ4v) is 4.58. The summed E-state index contributed by atoms with van der Waals surface area (Å²) in [6.07, 6.45) is 2.62. The highest BCUT2D eigenvalue weighted by molar-refractivity contribution is 7.15. The van der Waals surface area contributed by atoms with Crippen LogP contribution in [0, 0.1) is 12.7 Å². The molecule has 1 unspecified atom stereocenters. The number of fused-ring (bicyclic) bond motifs is 1. The van der Waals surface area contributed by atoms with Crippen molar-refractivity contribution in [2.75, 3.05) is 5.73 Å². The molecular formula is C20H15Cl2FN2O2S. The molecule has 0 spiro atoms. The number of aromatic nitrogens is 1. The molecule has 3 aromatic heterocycles. The maximum Gasteiger partial charge on any atom is 0.205 e. The van der Waals surface area contributed by atoms with Crippen LogP contribution in [0.4, 0.5) is 10.2 Å². The van der Waals surface area contributed by atoms with E-state index < -0.39 is 11.9 Å². The maximum atomic E-state index is 13.9. The molecule has 0 radical (unpaired) electrons. The molecule has 28 heavy (non-hydrogen) atoms. The van der Waals surface area contributed by atoms with Crippen molar-refractivity contribution in [3.8, 4) is 16.2 Å². The molecule has 0 saturated heterocycles. The third kappa shape index (κ3) is 3.21. The second-order valence-electron chi connectivity index (χ2n) is 6.29. The number of anilines is 1. The van der Waals surface area contributed by atoms with Gasteiger partial charge in [-0.25, -0.2) is 9.37 Å². The Balaban J connectivity index is 1.78. The Bertz CT molecular complexity index is 1190. The van der Waals surface area contributed by atoms with Crippen molar-refractivity contribution >= 4 is 51.3 Å². The van der Waals surface area contributed by atoms with Crippen molar-refractivity contribution < 1.29 is 13.5 Å². The third-order valence-electron chi connectivity index (χ3n) is 4.39. The predicted octanol–water partition coefficient (Wildman–Crippen LogP) is 7.03. The zero-order valence-corrected chi connectivity index (χ0v) is 17.3. The first-order valence-electron chi connectivity index (χ1n) is 8.39. The van der Waals surface area contributed by atoms with Crippen molar-refractivity contribution in [1.29, 1.82) is 0 Å². The van der Waals surface area contributed by atoms with Crippen LogP contribution in [0.5, 0.6) is 5.75 Å². The zero-order valence-electron chi connectivity index (χ0n) is 14.9. The van der Waals surface area contributed by atoms with Gasteiger partial charge in [-0.3, -0.25) is 0 Å². The van der Waals surface area contributed by atoms with Crippen LogP contribution in [0.2, 0.25) is 10.0 Å². The van der Waals surface area contributed by atoms with Gasteiger partial charge in [-0.15, -0.1) is 11.3 Å². The number of nitrogen functional groups attached to an aromatic ring is 1. The van der Waals surface area contributed by atoms with Crippen LogP contribution < -0.4 is 10.5 Å². The minimum absolute atomic E-state index is 0.0899. The van der Waals surface area contributed by atoms with Gasteiger partial charge in [-0.2, -0.15) is 0 Å². The average Bonchev–Trinajstić information content (AvgIpc) is 3.27. The van der Waals surface area contributed by atoms with E-state index in [4.69, 9.17) is 38.1 Å². The number of hydrogen-bond acceptors (Lipinski definition) is 5. The summed E-state index contributed by atoms with van der Waals surface area (Å²) in [4.78, 5) is 6.48. The van der Waals surface area contributed by atoms with Gasteiger partial charge in [0.1, 0.15) is 18.2 Å². The highest BCUT2D eigenvalue weighted by Crippen LogP contribution is 2.42. The zero-order chi connectivity index (χ0) is 20.0. The van der Waals surface area contributed by atoms with Crippen molar-refractivity contribution in [2.24, 2.45) is 0 Å². The summed E-state index contributed by atoms with van der Waals surface area (Å²) in [5, 5.41) is 0.981. The highest BCUT2D eigenvalue weighted by Gasteiger charge is 2.23. The molecule has 0 amide bonds. The summed E-state index contributed by atoms with van der Waals surface area (Å²) in [7, 11) is 0. The van der Waals surface area contributed by atoms with Gasteiger partial charge in [0.25, 0.3) is 0 Å². The van der Waals surface area contributed by atoms with Gasteiger partial charge in [-0.1, -0.05) is 23.2 Å². The number of nitrogens with zero attached hydrogens (tertiary/aromatic N) is 1. The smallest absolute Gasteiger partial charge is 0.205 e. The minimum atomic E-state index is -0.678. The van der Waals surface area contributed by atoms with E-state index in [1.165, 1.54) is 17.0 Å². The molecule has 3 heterocycles. The van der Waals surface area contributed by atoms with Crippen LogP contribution in [0.1, 0.15) is 23.5 Å². The number of hydrogen-bond donors (Lipinski definition) is 1. The molecule has 2 N–H and O–H groups in total. The van der Waals surface area contributed by atoms with Gasteiger partial charge in [-0.05, 0) is 38.1 Å². The summed E-state index contributed by atoms with van der Waals surface area (Å²) in [6, 6.07) is 6.71. The van der Waals surface area contributed by atoms with Crippen LogP contribution in [0.15, 0.2) is 41.1 Å². The second kappa shape index (κ2) is 7.28. The number of pyridine rings is 1. The Morgan fingerprint density at radius 2 is 2.04 bits per heavy atom. The first-order chi connectivity index (χ1) is 13.4. The lowest BCUT2D eigenvalue weighted by molar-refractivity contribution is 0.227. The minimum Gasteiger partial charge on any atom is -0.478 e. The fourth-order valence-electron chi connectivity index (χ4n) is 3.02. The number of furan rings is 1. The van der Waals surface area contributed by atoms with Crippen molar-refractivity contribution in [3.05, 3.63) is 63.0 Å². The Labute approximate surface area is 174 Å². The Kier molecular flexibility index (Phi) is 4.95. The monoisotopic (exact) mass is 436 g/mol. The molecular weight excluding hydrogens is 422 g/mol. The van der Waals surface area contributed by atoms with Crippen molar-refractivity contribution in [2.45, 2.75) is 20.0 Å². The summed E-state index contributed by atoms with van der Waals surface area (Å²) in [5.74, 6) is -0.152. The van der Waals surface area contributed by atoms with Crippen LogP contribution >= 0.6 is 34.5 Å². The number of benzene rings is 1. The molecule has 0 aliphatic heterocycles. The lowest BCUT2D eigenvalue weighted by atomic mass is 10.1. The fraction of sp³-hybridized carbons (Fsp3) is 0.150. The second-order valence-corrected chi connectivity index (χ2v) is 8.37. The SMILES string of the molecule is Cc1ccc(-c2coc3c(OC(C)c4c(Cl)ccc(F)c4Cl)c(N)ncc23)s1. The normalized spacial score (nSPS) is 12.5. The van der Waals surface area contributed by atoms with Crippen LogP contribution in [-0.2, 0) is 0 Å². The van der Waals surface area contributed by atoms with Gasteiger partial charge in [0.15, 0.2) is 11.4 Å². The summed E-state index contributed by atoms with van der Waals surface area (Å²) in [5.41, 5.74) is 7.74. The van der Waals surface area contributed by atoms with Gasteiger partial charge in [0, 0.05) is 32.1 Å². The molecule has 4 rings (SSSR count). The predicted molar refractivity (Wildman–Crippen MR) is 112 cm³/mol. The molecule has 8 heteroatoms. The lowest BCUT2D eigenvalue weighted by Crippen LogP contribution is -2.08. The molecule has 4 nitrogen and oxygen atoms in total. The quantitative estimate of drug-likeness (QED) is 0.348. The topological polar surface area (TPSA) is 61.3 Å². The molecule has 0 aliphatic rings. The van der Waals surface area contributed by atoms with Gasteiger partial charge in [0.05, 0.1) is 10.4 Å². The largest absolute Gasteiger partial charge is 0.478 e. The molecule has 0 bridgehead atoms. The Morgan fingerprint density at radius 3 is 2.75 bits per heavy atom. The highest BCUT2D eigenvalue weighted by atomic mass is 35.5. The van der Waals surface area contributed by atoms with E-state index in [0.717, 1.165) is 15.8 Å². The molecule has 0 aliphatic carbocycles. The molecule has 0 saturated carbocycles. The van der Waals surface area contributed by atoms with E-state index in [1.54, 1.807) is 30.7 Å². The lowest BCUT2D eigenvalue weighted by Gasteiger charge is -2.18. The summed E-state index contributed by atoms with van der Waals surface area (Å²) in [6.45, 7) is 3.74. The van der Waals surface area contributed by atoms with E-state index in [0.29, 0.717) is 16.2 Å². The first-order valence-corrected chi connectivity index (χ1v) is 9.96. The number of rotatable bonds is 4. The number of nitrogens with two attached hydrogens (primary N) is 1. The van der Waals surface area contributed by atoms with E-state index in [-0.39, 0.29) is 16.6 Å². The van der Waals surface area contributed by atoms with E-state index in [9.17, 15) is 4.39 Å². The summed E-state index contributed by atoms with van der Waals surface area (Å²) >= 11 is 14.0. The van der Waals surface area contributed by atoms with E-state index in [2.05, 4.69) is 4.98 Å². The average molecular weight is 437 g/mol. The molecule has 144 valence electrons. The van der Waals surface area contributed by atoms with Gasteiger partial charge < -0.3 is 14.9 Å². The van der Waals surface area contributed by atoms with Crippen LogP contribution in [0.3, 0.4) is 0 Å². The molecule has 1 aromatic carbocycles. The maximum absolute atomic E-state index is 13.9.